The standard InChI is InChI=1S/C16H18N2O3/c1-9-7-10(2)13(8-12(9)16(20)21)17-15(19)14-6-5-11(3)18(14)4/h5-8H,1-4H3,(H,17,19)(H,20,21). The first-order valence-electron chi connectivity index (χ1n) is 6.59. The molecule has 2 rings (SSSR count). The molecule has 5 nitrogen and oxygen atoms in total. The van der Waals surface area contributed by atoms with Crippen LogP contribution in [0.4, 0.5) is 5.69 Å². The van der Waals surface area contributed by atoms with Crippen molar-refractivity contribution in [3.63, 3.8) is 0 Å². The number of amides is 1. The molecule has 2 aromatic rings. The van der Waals surface area contributed by atoms with E-state index in [4.69, 9.17) is 5.11 Å². The van der Waals surface area contributed by atoms with Crippen molar-refractivity contribution in [3.8, 4) is 0 Å². The van der Waals surface area contributed by atoms with E-state index in [1.54, 1.807) is 23.6 Å². The lowest BCUT2D eigenvalue weighted by Crippen LogP contribution is -2.17. The fraction of sp³-hybridized carbons (Fsp3) is 0.250. The third-order valence-corrected chi connectivity index (χ3v) is 3.66. The Morgan fingerprint density at radius 1 is 1.10 bits per heavy atom. The van der Waals surface area contributed by atoms with Crippen LogP contribution in [0.15, 0.2) is 24.3 Å². The van der Waals surface area contributed by atoms with Crippen molar-refractivity contribution in [2.24, 2.45) is 7.05 Å². The van der Waals surface area contributed by atoms with Gasteiger partial charge in [-0.05, 0) is 50.1 Å². The van der Waals surface area contributed by atoms with Crippen LogP contribution < -0.4 is 5.32 Å². The number of nitrogens with zero attached hydrogens (tertiary/aromatic N) is 1. The number of nitrogens with one attached hydrogen (secondary N) is 1. The summed E-state index contributed by atoms with van der Waals surface area (Å²) in [6.07, 6.45) is 0. The largest absolute Gasteiger partial charge is 0.478 e. The molecule has 110 valence electrons. The molecule has 1 aromatic heterocycles. The molecule has 1 amide bonds. The molecule has 0 radical (unpaired) electrons. The number of aryl methyl sites for hydroxylation is 3. The van der Waals surface area contributed by atoms with Gasteiger partial charge in [0.05, 0.1) is 5.56 Å². The lowest BCUT2D eigenvalue weighted by Gasteiger charge is -2.12. The molecule has 0 unspecified atom stereocenters. The molecule has 1 aromatic carbocycles. The highest BCUT2D eigenvalue weighted by Gasteiger charge is 2.15. The van der Waals surface area contributed by atoms with Gasteiger partial charge >= 0.3 is 5.97 Å². The first-order valence-corrected chi connectivity index (χ1v) is 6.59. The molecule has 0 saturated heterocycles. The van der Waals surface area contributed by atoms with Crippen LogP contribution in [-0.2, 0) is 7.05 Å². The molecule has 0 fully saturated rings. The number of hydrogen-bond donors (Lipinski definition) is 2. The summed E-state index contributed by atoms with van der Waals surface area (Å²) in [5.41, 5.74) is 3.72. The first kappa shape index (κ1) is 14.8. The Balaban J connectivity index is 2.35. The maximum absolute atomic E-state index is 12.3. The van der Waals surface area contributed by atoms with E-state index >= 15 is 0 Å². The van der Waals surface area contributed by atoms with E-state index in [-0.39, 0.29) is 11.5 Å². The van der Waals surface area contributed by atoms with Gasteiger partial charge < -0.3 is 15.0 Å². The van der Waals surface area contributed by atoms with Crippen LogP contribution in [0.5, 0.6) is 0 Å². The molecule has 0 aliphatic rings. The molecule has 0 spiro atoms. The van der Waals surface area contributed by atoms with Gasteiger partial charge in [0.25, 0.3) is 5.91 Å². The van der Waals surface area contributed by atoms with Crippen molar-refractivity contribution < 1.29 is 14.7 Å². The molecule has 0 bridgehead atoms. The average Bonchev–Trinajstić information content (AvgIpc) is 2.73. The highest BCUT2D eigenvalue weighted by molar-refractivity contribution is 6.04. The van der Waals surface area contributed by atoms with Crippen molar-refractivity contribution in [1.82, 2.24) is 4.57 Å². The maximum Gasteiger partial charge on any atom is 0.336 e. The third kappa shape index (κ3) is 2.81. The topological polar surface area (TPSA) is 71.3 Å². The van der Waals surface area contributed by atoms with Gasteiger partial charge in [-0.2, -0.15) is 0 Å². The van der Waals surface area contributed by atoms with Crippen LogP contribution >= 0.6 is 0 Å². The van der Waals surface area contributed by atoms with Crippen molar-refractivity contribution in [3.05, 3.63) is 52.3 Å². The highest BCUT2D eigenvalue weighted by atomic mass is 16.4. The minimum Gasteiger partial charge on any atom is -0.478 e. The van der Waals surface area contributed by atoms with Crippen molar-refractivity contribution in [1.29, 1.82) is 0 Å². The third-order valence-electron chi connectivity index (χ3n) is 3.66. The number of hydrogen-bond acceptors (Lipinski definition) is 2. The predicted octanol–water partition coefficient (Wildman–Crippen LogP) is 2.90. The summed E-state index contributed by atoms with van der Waals surface area (Å²) in [5.74, 6) is -1.26. The van der Waals surface area contributed by atoms with Crippen molar-refractivity contribution in [2.75, 3.05) is 5.32 Å². The van der Waals surface area contributed by atoms with E-state index < -0.39 is 5.97 Å². The zero-order valence-corrected chi connectivity index (χ0v) is 12.5. The molecule has 0 aliphatic heterocycles. The predicted molar refractivity (Wildman–Crippen MR) is 81.0 cm³/mol. The average molecular weight is 286 g/mol. The van der Waals surface area contributed by atoms with Gasteiger partial charge in [-0.3, -0.25) is 4.79 Å². The number of carboxylic acids is 1. The maximum atomic E-state index is 12.3. The Kier molecular flexibility index (Phi) is 3.84. The minimum atomic E-state index is -1.00. The van der Waals surface area contributed by atoms with Gasteiger partial charge in [-0.1, -0.05) is 6.07 Å². The quantitative estimate of drug-likeness (QED) is 0.911. The number of rotatable bonds is 3. The van der Waals surface area contributed by atoms with Crippen LogP contribution in [-0.4, -0.2) is 21.6 Å². The number of aromatic nitrogens is 1. The summed E-state index contributed by atoms with van der Waals surface area (Å²) in [7, 11) is 1.81. The number of carboxylic acid groups (broad SMARTS) is 1. The van der Waals surface area contributed by atoms with Gasteiger partial charge in [0.15, 0.2) is 0 Å². The summed E-state index contributed by atoms with van der Waals surface area (Å²) >= 11 is 0. The van der Waals surface area contributed by atoms with Gasteiger partial charge in [0.1, 0.15) is 5.69 Å². The van der Waals surface area contributed by atoms with Crippen LogP contribution in [0.1, 0.15) is 37.7 Å². The fourth-order valence-corrected chi connectivity index (χ4v) is 2.24. The molecule has 0 aliphatic carbocycles. The summed E-state index contributed by atoms with van der Waals surface area (Å²) in [6, 6.07) is 6.86. The summed E-state index contributed by atoms with van der Waals surface area (Å²) in [6.45, 7) is 5.49. The molecule has 0 atom stereocenters. The summed E-state index contributed by atoms with van der Waals surface area (Å²) in [5, 5.41) is 11.9. The zero-order valence-electron chi connectivity index (χ0n) is 12.5. The summed E-state index contributed by atoms with van der Waals surface area (Å²) in [4.78, 5) is 23.5. The summed E-state index contributed by atoms with van der Waals surface area (Å²) < 4.78 is 1.79. The normalized spacial score (nSPS) is 10.5. The van der Waals surface area contributed by atoms with Crippen LogP contribution in [0.25, 0.3) is 0 Å². The van der Waals surface area contributed by atoms with E-state index in [0.29, 0.717) is 16.9 Å². The molecular formula is C16H18N2O3. The molecule has 5 heteroatoms. The van der Waals surface area contributed by atoms with Gasteiger partial charge in [-0.15, -0.1) is 0 Å². The lowest BCUT2D eigenvalue weighted by molar-refractivity contribution is 0.0695. The zero-order chi connectivity index (χ0) is 15.7. The second-order valence-corrected chi connectivity index (χ2v) is 5.16. The molecule has 0 saturated carbocycles. The number of aromatic carboxylic acids is 1. The molecular weight excluding hydrogens is 268 g/mol. The Morgan fingerprint density at radius 2 is 1.76 bits per heavy atom. The van der Waals surface area contributed by atoms with Crippen LogP contribution in [0.2, 0.25) is 0 Å². The molecule has 21 heavy (non-hydrogen) atoms. The monoisotopic (exact) mass is 286 g/mol. The van der Waals surface area contributed by atoms with Crippen molar-refractivity contribution >= 4 is 17.6 Å². The molecule has 2 N–H and O–H groups in total. The number of carbonyl (C=O) groups excluding carboxylic acids is 1. The van der Waals surface area contributed by atoms with E-state index in [0.717, 1.165) is 11.3 Å². The van der Waals surface area contributed by atoms with Gasteiger partial charge in [-0.25, -0.2) is 4.79 Å². The van der Waals surface area contributed by atoms with Crippen molar-refractivity contribution in [2.45, 2.75) is 20.8 Å². The smallest absolute Gasteiger partial charge is 0.336 e. The minimum absolute atomic E-state index is 0.193. The Morgan fingerprint density at radius 3 is 2.29 bits per heavy atom. The van der Waals surface area contributed by atoms with E-state index in [9.17, 15) is 9.59 Å². The van der Waals surface area contributed by atoms with Crippen LogP contribution in [0.3, 0.4) is 0 Å². The lowest BCUT2D eigenvalue weighted by atomic mass is 10.0. The second kappa shape index (κ2) is 5.44. The van der Waals surface area contributed by atoms with E-state index in [2.05, 4.69) is 5.32 Å². The molecule has 1 heterocycles. The van der Waals surface area contributed by atoms with E-state index in [1.165, 1.54) is 6.07 Å². The Labute approximate surface area is 123 Å². The SMILES string of the molecule is Cc1cc(C)c(C(=O)O)cc1NC(=O)c1ccc(C)n1C. The number of anilines is 1. The van der Waals surface area contributed by atoms with Crippen LogP contribution in [0, 0.1) is 20.8 Å². The number of benzene rings is 1. The first-order chi connectivity index (χ1) is 9.81. The Hall–Kier alpha value is -2.56. The second-order valence-electron chi connectivity index (χ2n) is 5.16. The number of carbonyl (C=O) groups is 2. The van der Waals surface area contributed by atoms with Gasteiger partial charge in [0.2, 0.25) is 0 Å². The Bertz CT molecular complexity index is 729. The highest BCUT2D eigenvalue weighted by Crippen LogP contribution is 2.21. The fourth-order valence-electron chi connectivity index (χ4n) is 2.24. The van der Waals surface area contributed by atoms with E-state index in [1.807, 2.05) is 27.0 Å². The van der Waals surface area contributed by atoms with Gasteiger partial charge in [0, 0.05) is 18.4 Å².